The summed E-state index contributed by atoms with van der Waals surface area (Å²) in [5.41, 5.74) is 0. The number of hydrogen-bond donors (Lipinski definition) is 1. The number of aliphatic hydroxyl groups excluding tert-OH is 1. The van der Waals surface area contributed by atoms with Crippen molar-refractivity contribution in [2.24, 2.45) is 0 Å². The highest BCUT2D eigenvalue weighted by Crippen LogP contribution is 2.39. The number of hydrogen-bond acceptors (Lipinski definition) is 4. The molecule has 0 aromatic carbocycles. The highest BCUT2D eigenvalue weighted by molar-refractivity contribution is 7.99. The van der Waals surface area contributed by atoms with E-state index in [0.29, 0.717) is 12.5 Å². The predicted molar refractivity (Wildman–Crippen MR) is 69.3 cm³/mol. The Labute approximate surface area is 107 Å². The second kappa shape index (κ2) is 6.40. The summed E-state index contributed by atoms with van der Waals surface area (Å²) in [6.45, 7) is 3.44. The number of unbranched alkanes of at least 4 members (excludes halogenated alkanes) is 2. The van der Waals surface area contributed by atoms with E-state index in [1.54, 1.807) is 11.8 Å². The average molecular weight is 255 g/mol. The van der Waals surface area contributed by atoms with Crippen LogP contribution in [0.1, 0.15) is 50.8 Å². The lowest BCUT2D eigenvalue weighted by Gasteiger charge is -2.06. The zero-order chi connectivity index (χ0) is 12.1. The first kappa shape index (κ1) is 12.9. The molecule has 1 N–H and O–H groups in total. The van der Waals surface area contributed by atoms with E-state index in [1.165, 1.54) is 18.7 Å². The number of aliphatic hydroxyl groups is 1. The van der Waals surface area contributed by atoms with Crippen molar-refractivity contribution in [3.8, 4) is 0 Å². The fourth-order valence-corrected chi connectivity index (χ4v) is 2.91. The van der Waals surface area contributed by atoms with Crippen LogP contribution in [0.25, 0.3) is 0 Å². The van der Waals surface area contributed by atoms with Crippen LogP contribution in [0.2, 0.25) is 0 Å². The topological polar surface area (TPSA) is 50.9 Å². The van der Waals surface area contributed by atoms with Gasteiger partial charge in [-0.2, -0.15) is 0 Å². The van der Waals surface area contributed by atoms with Crippen LogP contribution in [0.3, 0.4) is 0 Å². The molecule has 96 valence electrons. The molecule has 5 heteroatoms. The molecule has 2 rings (SSSR count). The van der Waals surface area contributed by atoms with E-state index in [-0.39, 0.29) is 0 Å². The van der Waals surface area contributed by atoms with E-state index in [2.05, 4.69) is 21.7 Å². The maximum Gasteiger partial charge on any atom is 0.191 e. The van der Waals surface area contributed by atoms with Crippen LogP contribution in [-0.2, 0) is 6.54 Å². The summed E-state index contributed by atoms with van der Waals surface area (Å²) in [4.78, 5) is 0. The van der Waals surface area contributed by atoms with Gasteiger partial charge in [0.1, 0.15) is 5.82 Å². The third-order valence-electron chi connectivity index (χ3n) is 3.04. The van der Waals surface area contributed by atoms with Gasteiger partial charge in [0.15, 0.2) is 5.16 Å². The van der Waals surface area contributed by atoms with Crippen molar-refractivity contribution in [1.82, 2.24) is 14.8 Å². The van der Waals surface area contributed by atoms with Crippen LogP contribution < -0.4 is 0 Å². The molecule has 1 aliphatic carbocycles. The Morgan fingerprint density at radius 1 is 1.29 bits per heavy atom. The first-order chi connectivity index (χ1) is 8.36. The Morgan fingerprint density at radius 3 is 2.76 bits per heavy atom. The summed E-state index contributed by atoms with van der Waals surface area (Å²) in [5.74, 6) is 2.93. The van der Waals surface area contributed by atoms with Crippen molar-refractivity contribution >= 4 is 11.8 Å². The first-order valence-corrected chi connectivity index (χ1v) is 7.52. The van der Waals surface area contributed by atoms with Gasteiger partial charge < -0.3 is 9.67 Å². The van der Waals surface area contributed by atoms with Gasteiger partial charge >= 0.3 is 0 Å². The minimum Gasteiger partial charge on any atom is -0.396 e. The summed E-state index contributed by atoms with van der Waals surface area (Å²) in [6.07, 6.45) is 5.70. The fourth-order valence-electron chi connectivity index (χ4n) is 1.90. The lowest BCUT2D eigenvalue weighted by atomic mass is 10.3. The molecule has 1 saturated carbocycles. The van der Waals surface area contributed by atoms with Gasteiger partial charge in [-0.1, -0.05) is 18.2 Å². The third kappa shape index (κ3) is 3.45. The quantitative estimate of drug-likeness (QED) is 0.572. The van der Waals surface area contributed by atoms with Crippen LogP contribution in [-0.4, -0.2) is 32.2 Å². The zero-order valence-corrected chi connectivity index (χ0v) is 11.2. The molecule has 0 spiro atoms. The van der Waals surface area contributed by atoms with E-state index in [0.717, 1.165) is 36.7 Å². The Hall–Kier alpha value is -0.550. The molecule has 1 aromatic rings. The maximum atomic E-state index is 8.70. The molecule has 0 radical (unpaired) electrons. The molecule has 0 saturated heterocycles. The molecular formula is C12H21N3OS. The fraction of sp³-hybridized carbons (Fsp3) is 0.833. The number of nitrogens with zero attached hydrogens (tertiary/aromatic N) is 3. The van der Waals surface area contributed by atoms with E-state index >= 15 is 0 Å². The molecule has 0 atom stereocenters. The molecule has 1 heterocycles. The predicted octanol–water partition coefficient (Wildman–Crippen LogP) is 2.43. The lowest BCUT2D eigenvalue weighted by molar-refractivity contribution is 0.284. The molecule has 4 nitrogen and oxygen atoms in total. The molecule has 0 aliphatic heterocycles. The Balaban J connectivity index is 1.83. The van der Waals surface area contributed by atoms with Crippen LogP contribution in [0.5, 0.6) is 0 Å². The first-order valence-electron chi connectivity index (χ1n) is 6.53. The maximum absolute atomic E-state index is 8.70. The van der Waals surface area contributed by atoms with Gasteiger partial charge in [-0.05, 0) is 32.6 Å². The second-order valence-electron chi connectivity index (χ2n) is 4.49. The molecule has 1 fully saturated rings. The van der Waals surface area contributed by atoms with Gasteiger partial charge in [0.05, 0.1) is 0 Å². The number of aromatic nitrogens is 3. The second-order valence-corrected chi connectivity index (χ2v) is 5.55. The average Bonchev–Trinajstić information content (AvgIpc) is 3.10. The summed E-state index contributed by atoms with van der Waals surface area (Å²) < 4.78 is 2.26. The van der Waals surface area contributed by atoms with Gasteiger partial charge in [0.2, 0.25) is 0 Å². The van der Waals surface area contributed by atoms with E-state index in [1.807, 2.05) is 0 Å². The van der Waals surface area contributed by atoms with Crippen molar-refractivity contribution in [3.63, 3.8) is 0 Å². The summed E-state index contributed by atoms with van der Waals surface area (Å²) in [6, 6.07) is 0. The molecular weight excluding hydrogens is 234 g/mol. The number of thioether (sulfide) groups is 1. The Morgan fingerprint density at radius 2 is 2.12 bits per heavy atom. The molecule has 0 unspecified atom stereocenters. The van der Waals surface area contributed by atoms with Gasteiger partial charge in [0.25, 0.3) is 0 Å². The largest absolute Gasteiger partial charge is 0.396 e. The van der Waals surface area contributed by atoms with Gasteiger partial charge in [-0.25, -0.2) is 0 Å². The summed E-state index contributed by atoms with van der Waals surface area (Å²) in [7, 11) is 0. The van der Waals surface area contributed by atoms with Crippen molar-refractivity contribution < 1.29 is 5.11 Å². The van der Waals surface area contributed by atoms with Crippen LogP contribution in [0, 0.1) is 0 Å². The van der Waals surface area contributed by atoms with Gasteiger partial charge in [-0.3, -0.25) is 0 Å². The van der Waals surface area contributed by atoms with Crippen molar-refractivity contribution in [2.75, 3.05) is 12.4 Å². The Kier molecular flexibility index (Phi) is 4.86. The van der Waals surface area contributed by atoms with E-state index < -0.39 is 0 Å². The summed E-state index contributed by atoms with van der Waals surface area (Å²) >= 11 is 1.80. The third-order valence-corrected chi connectivity index (χ3v) is 4.09. The normalized spacial score (nSPS) is 15.4. The van der Waals surface area contributed by atoms with Crippen LogP contribution >= 0.6 is 11.8 Å². The molecule has 0 bridgehead atoms. The van der Waals surface area contributed by atoms with Crippen LogP contribution in [0.15, 0.2) is 5.16 Å². The monoisotopic (exact) mass is 255 g/mol. The van der Waals surface area contributed by atoms with E-state index in [4.69, 9.17) is 5.11 Å². The number of rotatable bonds is 8. The van der Waals surface area contributed by atoms with Crippen molar-refractivity contribution in [2.45, 2.75) is 56.6 Å². The molecule has 0 amide bonds. The lowest BCUT2D eigenvalue weighted by Crippen LogP contribution is -2.02. The summed E-state index contributed by atoms with van der Waals surface area (Å²) in [5, 5.41) is 18.4. The smallest absolute Gasteiger partial charge is 0.191 e. The molecule has 1 aliphatic rings. The highest BCUT2D eigenvalue weighted by Gasteiger charge is 2.29. The SMILES string of the molecule is CCn1c(SCCCCCO)nnc1C1CC1. The van der Waals surface area contributed by atoms with Crippen molar-refractivity contribution in [1.29, 1.82) is 0 Å². The van der Waals surface area contributed by atoms with E-state index in [9.17, 15) is 0 Å². The van der Waals surface area contributed by atoms with Gasteiger partial charge in [-0.15, -0.1) is 10.2 Å². The zero-order valence-electron chi connectivity index (χ0n) is 10.4. The minimum atomic E-state index is 0.307. The molecule has 1 aromatic heterocycles. The van der Waals surface area contributed by atoms with Crippen LogP contribution in [0.4, 0.5) is 0 Å². The standard InChI is InChI=1S/C12H21N3OS/c1-2-15-11(10-6-7-10)13-14-12(15)17-9-5-3-4-8-16/h10,16H,2-9H2,1H3. The molecule has 17 heavy (non-hydrogen) atoms. The van der Waals surface area contributed by atoms with Crippen molar-refractivity contribution in [3.05, 3.63) is 5.82 Å². The minimum absolute atomic E-state index is 0.307. The Bertz CT molecular complexity index is 350. The highest BCUT2D eigenvalue weighted by atomic mass is 32.2. The van der Waals surface area contributed by atoms with Gasteiger partial charge in [0, 0.05) is 24.8 Å².